The molecule has 0 radical (unpaired) electrons. The van der Waals surface area contributed by atoms with Gasteiger partial charge in [-0.05, 0) is 23.8 Å². The molecule has 1 amide bonds. The summed E-state index contributed by atoms with van der Waals surface area (Å²) in [7, 11) is 1.60. The van der Waals surface area contributed by atoms with Crippen molar-refractivity contribution in [2.24, 2.45) is 0 Å². The van der Waals surface area contributed by atoms with Crippen LogP contribution in [0, 0.1) is 11.6 Å². The Labute approximate surface area is 137 Å². The van der Waals surface area contributed by atoms with Crippen LogP contribution in [0.5, 0.6) is 0 Å². The number of carbonyl (C=O) groups is 1. The van der Waals surface area contributed by atoms with Gasteiger partial charge in [-0.3, -0.25) is 4.79 Å². The maximum absolute atomic E-state index is 13.4. The van der Waals surface area contributed by atoms with Crippen molar-refractivity contribution in [3.8, 4) is 0 Å². The average Bonchev–Trinajstić information content (AvgIpc) is 2.56. The Bertz CT molecular complexity index is 667. The van der Waals surface area contributed by atoms with E-state index in [-0.39, 0.29) is 19.1 Å². The lowest BCUT2D eigenvalue weighted by Crippen LogP contribution is -2.32. The minimum atomic E-state index is -0.946. The van der Waals surface area contributed by atoms with Crippen molar-refractivity contribution in [1.82, 2.24) is 4.90 Å². The van der Waals surface area contributed by atoms with Crippen LogP contribution in [-0.2, 0) is 4.79 Å². The van der Waals surface area contributed by atoms with Crippen LogP contribution in [0.15, 0.2) is 53.4 Å². The number of carbonyl (C=O) groups excluding carboxylic acids is 1. The molecule has 0 aliphatic carbocycles. The molecule has 1 atom stereocenters. The molecule has 0 spiro atoms. The van der Waals surface area contributed by atoms with Crippen molar-refractivity contribution in [2.75, 3.05) is 20.2 Å². The summed E-state index contributed by atoms with van der Waals surface area (Å²) in [5, 5.41) is 8.40. The molecule has 2 rings (SSSR count). The molecule has 3 nitrogen and oxygen atoms in total. The first-order chi connectivity index (χ1) is 11.0. The molecule has 0 heterocycles. The van der Waals surface area contributed by atoms with Crippen LogP contribution in [0.1, 0.15) is 10.8 Å². The number of thioether (sulfide) groups is 1. The van der Waals surface area contributed by atoms with E-state index in [1.54, 1.807) is 7.05 Å². The number of nitrogens with zero attached hydrogens (tertiary/aromatic N) is 1. The Morgan fingerprint density at radius 1 is 1.17 bits per heavy atom. The van der Waals surface area contributed by atoms with Gasteiger partial charge in [0.25, 0.3) is 0 Å². The molecule has 0 saturated carbocycles. The number of halogens is 2. The Morgan fingerprint density at radius 3 is 2.48 bits per heavy atom. The predicted octanol–water partition coefficient (Wildman–Crippen LogP) is 3.25. The van der Waals surface area contributed by atoms with Gasteiger partial charge in [-0.25, -0.2) is 8.78 Å². The highest BCUT2D eigenvalue weighted by molar-refractivity contribution is 8.00. The highest BCUT2D eigenvalue weighted by atomic mass is 32.2. The number of amides is 1. The van der Waals surface area contributed by atoms with Crippen LogP contribution < -0.4 is 0 Å². The standard InChI is InChI=1S/C17H17F2NO2S/c1-20(9-10-21)17(22)16(12-5-3-2-4-6-12)23-13-7-8-14(18)15(19)11-13/h2-8,11,16,21H,9-10H2,1H3. The van der Waals surface area contributed by atoms with Gasteiger partial charge >= 0.3 is 0 Å². The van der Waals surface area contributed by atoms with E-state index < -0.39 is 16.9 Å². The Hall–Kier alpha value is -1.92. The lowest BCUT2D eigenvalue weighted by molar-refractivity contribution is -0.129. The van der Waals surface area contributed by atoms with E-state index in [1.807, 2.05) is 30.3 Å². The quantitative estimate of drug-likeness (QED) is 0.823. The third-order valence-electron chi connectivity index (χ3n) is 3.28. The van der Waals surface area contributed by atoms with Crippen LogP contribution in [-0.4, -0.2) is 36.1 Å². The second-order valence-corrected chi connectivity index (χ2v) is 6.15. The molecule has 1 unspecified atom stereocenters. The molecule has 122 valence electrons. The number of benzene rings is 2. The lowest BCUT2D eigenvalue weighted by Gasteiger charge is -2.23. The molecule has 0 aliphatic rings. The highest BCUT2D eigenvalue weighted by Crippen LogP contribution is 2.37. The number of hydrogen-bond donors (Lipinski definition) is 1. The minimum Gasteiger partial charge on any atom is -0.395 e. The first-order valence-corrected chi connectivity index (χ1v) is 7.93. The van der Waals surface area contributed by atoms with Gasteiger partial charge in [-0.15, -0.1) is 11.8 Å². The van der Waals surface area contributed by atoms with E-state index in [0.29, 0.717) is 4.90 Å². The zero-order chi connectivity index (χ0) is 16.8. The molecule has 2 aromatic rings. The number of aliphatic hydroxyl groups is 1. The number of likely N-dealkylation sites (N-methyl/N-ethyl adjacent to an activating group) is 1. The second-order valence-electron chi connectivity index (χ2n) is 4.97. The maximum atomic E-state index is 13.4. The van der Waals surface area contributed by atoms with Gasteiger partial charge in [0.05, 0.1) is 6.61 Å². The van der Waals surface area contributed by atoms with E-state index in [4.69, 9.17) is 5.11 Å². The van der Waals surface area contributed by atoms with Gasteiger partial charge in [-0.1, -0.05) is 30.3 Å². The Kier molecular flexibility index (Phi) is 6.12. The largest absolute Gasteiger partial charge is 0.395 e. The summed E-state index contributed by atoms with van der Waals surface area (Å²) >= 11 is 1.15. The zero-order valence-electron chi connectivity index (χ0n) is 12.6. The number of hydrogen-bond acceptors (Lipinski definition) is 3. The molecule has 2 aromatic carbocycles. The van der Waals surface area contributed by atoms with E-state index in [0.717, 1.165) is 29.5 Å². The molecule has 6 heteroatoms. The van der Waals surface area contributed by atoms with Gasteiger partial charge in [0.2, 0.25) is 5.91 Å². The SMILES string of the molecule is CN(CCO)C(=O)C(Sc1ccc(F)c(F)c1)c1ccccc1. The molecule has 0 bridgehead atoms. The van der Waals surface area contributed by atoms with Crippen molar-refractivity contribution < 1.29 is 18.7 Å². The summed E-state index contributed by atoms with van der Waals surface area (Å²) < 4.78 is 26.5. The van der Waals surface area contributed by atoms with Crippen molar-refractivity contribution in [3.63, 3.8) is 0 Å². The molecular weight excluding hydrogens is 320 g/mol. The van der Waals surface area contributed by atoms with Crippen molar-refractivity contribution in [2.45, 2.75) is 10.1 Å². The third-order valence-corrected chi connectivity index (χ3v) is 4.52. The lowest BCUT2D eigenvalue weighted by atomic mass is 10.1. The van der Waals surface area contributed by atoms with Gasteiger partial charge in [0.15, 0.2) is 11.6 Å². The van der Waals surface area contributed by atoms with Gasteiger partial charge < -0.3 is 10.0 Å². The summed E-state index contributed by atoms with van der Waals surface area (Å²) in [6.45, 7) is 0.0695. The van der Waals surface area contributed by atoms with Crippen LogP contribution in [0.3, 0.4) is 0 Å². The van der Waals surface area contributed by atoms with Gasteiger partial charge in [0.1, 0.15) is 5.25 Å². The molecule has 1 N–H and O–H groups in total. The Balaban J connectivity index is 2.30. The summed E-state index contributed by atoms with van der Waals surface area (Å²) in [5.41, 5.74) is 0.761. The summed E-state index contributed by atoms with van der Waals surface area (Å²) in [4.78, 5) is 14.5. The normalized spacial score (nSPS) is 12.0. The second kappa shape index (κ2) is 8.08. The molecule has 0 aliphatic heterocycles. The smallest absolute Gasteiger partial charge is 0.240 e. The summed E-state index contributed by atoms with van der Waals surface area (Å²) in [6.07, 6.45) is 0. The Morgan fingerprint density at radius 2 is 1.87 bits per heavy atom. The first-order valence-electron chi connectivity index (χ1n) is 7.05. The molecule has 0 aromatic heterocycles. The predicted molar refractivity (Wildman–Crippen MR) is 86.1 cm³/mol. The minimum absolute atomic E-state index is 0.139. The molecule has 0 fully saturated rings. The zero-order valence-corrected chi connectivity index (χ0v) is 13.4. The van der Waals surface area contributed by atoms with E-state index in [9.17, 15) is 13.6 Å². The van der Waals surface area contributed by atoms with Crippen molar-refractivity contribution in [1.29, 1.82) is 0 Å². The molecule has 23 heavy (non-hydrogen) atoms. The van der Waals surface area contributed by atoms with E-state index in [1.165, 1.54) is 11.0 Å². The fraction of sp³-hybridized carbons (Fsp3) is 0.235. The summed E-state index contributed by atoms with van der Waals surface area (Å²) in [5.74, 6) is -2.08. The van der Waals surface area contributed by atoms with E-state index in [2.05, 4.69) is 0 Å². The molecule has 0 saturated heterocycles. The van der Waals surface area contributed by atoms with Crippen molar-refractivity contribution in [3.05, 3.63) is 65.7 Å². The number of aliphatic hydroxyl groups excluding tert-OH is 1. The highest BCUT2D eigenvalue weighted by Gasteiger charge is 2.25. The van der Waals surface area contributed by atoms with Crippen LogP contribution in [0.2, 0.25) is 0 Å². The van der Waals surface area contributed by atoms with Crippen LogP contribution in [0.4, 0.5) is 8.78 Å². The van der Waals surface area contributed by atoms with Crippen LogP contribution in [0.25, 0.3) is 0 Å². The van der Waals surface area contributed by atoms with Gasteiger partial charge in [0, 0.05) is 18.5 Å². The average molecular weight is 337 g/mol. The summed E-state index contributed by atoms with van der Waals surface area (Å²) in [6, 6.07) is 12.6. The molecular formula is C17H17F2NO2S. The van der Waals surface area contributed by atoms with Gasteiger partial charge in [-0.2, -0.15) is 0 Å². The fourth-order valence-corrected chi connectivity index (χ4v) is 3.20. The first kappa shape index (κ1) is 17.4. The van der Waals surface area contributed by atoms with E-state index >= 15 is 0 Å². The topological polar surface area (TPSA) is 40.5 Å². The monoisotopic (exact) mass is 337 g/mol. The maximum Gasteiger partial charge on any atom is 0.240 e. The van der Waals surface area contributed by atoms with Crippen LogP contribution >= 0.6 is 11.8 Å². The fourth-order valence-electron chi connectivity index (χ4n) is 2.04. The van der Waals surface area contributed by atoms with Crippen molar-refractivity contribution >= 4 is 17.7 Å². The third kappa shape index (κ3) is 4.53. The number of rotatable bonds is 6.